The number of likely N-dealkylation sites (N-methyl/N-ethyl adjacent to an activating group) is 1. The second kappa shape index (κ2) is 10.3. The summed E-state index contributed by atoms with van der Waals surface area (Å²) in [6.07, 6.45) is 2.97. The predicted molar refractivity (Wildman–Crippen MR) is 109 cm³/mol. The Hall–Kier alpha value is -2.52. The first-order chi connectivity index (χ1) is 14.1. The topological polar surface area (TPSA) is 105 Å². The normalized spacial score (nSPS) is 21.7. The Morgan fingerprint density at radius 2 is 2.14 bits per heavy atom. The van der Waals surface area contributed by atoms with Crippen LogP contribution >= 0.6 is 0 Å². The maximum absolute atomic E-state index is 12.7. The van der Waals surface area contributed by atoms with Crippen molar-refractivity contribution in [3.63, 3.8) is 0 Å². The van der Waals surface area contributed by atoms with E-state index >= 15 is 0 Å². The van der Waals surface area contributed by atoms with E-state index in [4.69, 9.17) is 9.84 Å². The van der Waals surface area contributed by atoms with Gasteiger partial charge in [0.25, 0.3) is 0 Å². The molecule has 3 atom stereocenters. The number of aliphatic hydroxyl groups excluding tert-OH is 1. The van der Waals surface area contributed by atoms with Crippen molar-refractivity contribution in [1.29, 1.82) is 0 Å². The fourth-order valence-corrected chi connectivity index (χ4v) is 3.73. The minimum atomic E-state index is -0.110. The van der Waals surface area contributed by atoms with Crippen LogP contribution in [0.2, 0.25) is 0 Å². The van der Waals surface area contributed by atoms with Gasteiger partial charge in [-0.15, -0.1) is 0 Å². The second-order valence-corrected chi connectivity index (χ2v) is 7.40. The highest BCUT2D eigenvalue weighted by Gasteiger charge is 2.36. The third kappa shape index (κ3) is 5.30. The summed E-state index contributed by atoms with van der Waals surface area (Å²) in [6.45, 7) is 3.03. The van der Waals surface area contributed by atoms with Crippen molar-refractivity contribution in [3.05, 3.63) is 30.3 Å². The van der Waals surface area contributed by atoms with Crippen LogP contribution in [0.15, 0.2) is 30.3 Å². The quantitative estimate of drug-likeness (QED) is 0.655. The third-order valence-electron chi connectivity index (χ3n) is 5.27. The molecule has 9 heteroatoms. The van der Waals surface area contributed by atoms with Crippen molar-refractivity contribution in [2.75, 3.05) is 32.1 Å². The minimum Gasteiger partial charge on any atom is -0.395 e. The van der Waals surface area contributed by atoms with Crippen LogP contribution < -0.4 is 5.32 Å². The van der Waals surface area contributed by atoms with Gasteiger partial charge < -0.3 is 20.1 Å². The zero-order chi connectivity index (χ0) is 20.6. The van der Waals surface area contributed by atoms with E-state index in [1.807, 2.05) is 30.3 Å². The zero-order valence-electron chi connectivity index (χ0n) is 17.1. The second-order valence-electron chi connectivity index (χ2n) is 7.40. The standard InChI is InChI=1S/C20H30N6O3/c1-3-13-29-18-14-15(19(28)25(2)11-12-27)9-10-17(18)21-20-22-23-24-26(20)16-7-5-4-6-8-16/h4-8,15,17-18,27H,3,9-14H2,1-2H3,(H,21,22,24)/t15-,17-,18-/m0/s1. The van der Waals surface area contributed by atoms with Crippen LogP contribution in [0.1, 0.15) is 32.6 Å². The smallest absolute Gasteiger partial charge is 0.248 e. The molecule has 158 valence electrons. The number of nitrogens with one attached hydrogen (secondary N) is 1. The molecule has 1 saturated carbocycles. The van der Waals surface area contributed by atoms with E-state index in [1.165, 1.54) is 0 Å². The maximum Gasteiger partial charge on any atom is 0.248 e. The summed E-state index contributed by atoms with van der Waals surface area (Å²) in [7, 11) is 1.73. The maximum atomic E-state index is 12.7. The first-order valence-electron chi connectivity index (χ1n) is 10.2. The molecule has 1 aliphatic rings. The van der Waals surface area contributed by atoms with Crippen LogP contribution in [0.3, 0.4) is 0 Å². The van der Waals surface area contributed by atoms with Crippen LogP contribution in [0.4, 0.5) is 5.95 Å². The molecule has 2 N–H and O–H groups in total. The molecule has 0 bridgehead atoms. The number of para-hydroxylation sites is 1. The summed E-state index contributed by atoms with van der Waals surface area (Å²) in [5, 5.41) is 24.6. The molecule has 0 spiro atoms. The van der Waals surface area contributed by atoms with Gasteiger partial charge in [-0.25, -0.2) is 0 Å². The van der Waals surface area contributed by atoms with E-state index in [1.54, 1.807) is 16.6 Å². The molecular formula is C20H30N6O3. The lowest BCUT2D eigenvalue weighted by molar-refractivity contribution is -0.137. The van der Waals surface area contributed by atoms with Gasteiger partial charge in [0.15, 0.2) is 0 Å². The number of carbonyl (C=O) groups excluding carboxylic acids is 1. The van der Waals surface area contributed by atoms with Crippen LogP contribution in [0, 0.1) is 5.92 Å². The number of anilines is 1. The molecule has 1 aromatic carbocycles. The zero-order valence-corrected chi connectivity index (χ0v) is 17.1. The number of aromatic nitrogens is 4. The number of rotatable bonds is 9. The summed E-state index contributed by atoms with van der Waals surface area (Å²) < 4.78 is 7.77. The highest BCUT2D eigenvalue weighted by molar-refractivity contribution is 5.78. The van der Waals surface area contributed by atoms with Gasteiger partial charge in [0.05, 0.1) is 24.4 Å². The largest absolute Gasteiger partial charge is 0.395 e. The summed E-state index contributed by atoms with van der Waals surface area (Å²) >= 11 is 0. The lowest BCUT2D eigenvalue weighted by Crippen LogP contribution is -2.46. The predicted octanol–water partition coefficient (Wildman–Crippen LogP) is 1.49. The van der Waals surface area contributed by atoms with Gasteiger partial charge in [-0.05, 0) is 48.2 Å². The molecule has 0 radical (unpaired) electrons. The van der Waals surface area contributed by atoms with Crippen molar-refractivity contribution in [3.8, 4) is 5.69 Å². The summed E-state index contributed by atoms with van der Waals surface area (Å²) in [4.78, 5) is 14.3. The Morgan fingerprint density at radius 3 is 2.86 bits per heavy atom. The first-order valence-corrected chi connectivity index (χ1v) is 10.2. The molecule has 1 aromatic heterocycles. The Balaban J connectivity index is 1.71. The van der Waals surface area contributed by atoms with Crippen molar-refractivity contribution in [2.45, 2.75) is 44.8 Å². The molecule has 2 aromatic rings. The van der Waals surface area contributed by atoms with E-state index < -0.39 is 0 Å². The average Bonchev–Trinajstić information content (AvgIpc) is 3.21. The Kier molecular flexibility index (Phi) is 7.54. The fraction of sp³-hybridized carbons (Fsp3) is 0.600. The van der Waals surface area contributed by atoms with Crippen LogP contribution in [-0.4, -0.2) is 75.1 Å². The van der Waals surface area contributed by atoms with E-state index in [-0.39, 0.29) is 30.6 Å². The van der Waals surface area contributed by atoms with Crippen molar-refractivity contribution >= 4 is 11.9 Å². The van der Waals surface area contributed by atoms with Crippen LogP contribution in [0.25, 0.3) is 5.69 Å². The van der Waals surface area contributed by atoms with Crippen LogP contribution in [-0.2, 0) is 9.53 Å². The highest BCUT2D eigenvalue weighted by atomic mass is 16.5. The number of nitrogens with zero attached hydrogens (tertiary/aromatic N) is 5. The Morgan fingerprint density at radius 1 is 1.34 bits per heavy atom. The number of ether oxygens (including phenoxy) is 1. The van der Waals surface area contributed by atoms with E-state index in [0.717, 1.165) is 24.9 Å². The SMILES string of the molecule is CCCO[C@H]1C[C@@H](C(=O)N(C)CCO)CC[C@@H]1Nc1nnnn1-c1ccccc1. The molecule has 0 unspecified atom stereocenters. The van der Waals surface area contributed by atoms with Crippen molar-refractivity contribution in [2.24, 2.45) is 5.92 Å². The van der Waals surface area contributed by atoms with Gasteiger partial charge >= 0.3 is 0 Å². The minimum absolute atomic E-state index is 0.0159. The molecule has 0 saturated heterocycles. The van der Waals surface area contributed by atoms with Gasteiger partial charge in [-0.2, -0.15) is 4.68 Å². The number of hydrogen-bond acceptors (Lipinski definition) is 7. The molecule has 3 rings (SSSR count). The first kappa shape index (κ1) is 21.2. The molecular weight excluding hydrogens is 372 g/mol. The number of aliphatic hydroxyl groups is 1. The summed E-state index contributed by atoms with van der Waals surface area (Å²) in [6, 6.07) is 9.73. The lowest BCUT2D eigenvalue weighted by Gasteiger charge is -2.37. The molecule has 9 nitrogen and oxygen atoms in total. The average molecular weight is 402 g/mol. The number of carbonyl (C=O) groups is 1. The molecule has 29 heavy (non-hydrogen) atoms. The summed E-state index contributed by atoms with van der Waals surface area (Å²) in [5.41, 5.74) is 0.875. The number of hydrogen-bond donors (Lipinski definition) is 2. The molecule has 1 heterocycles. The van der Waals surface area contributed by atoms with E-state index in [9.17, 15) is 4.79 Å². The van der Waals surface area contributed by atoms with Gasteiger partial charge in [0, 0.05) is 26.1 Å². The number of tetrazole rings is 1. The Bertz CT molecular complexity index is 769. The summed E-state index contributed by atoms with van der Waals surface area (Å²) in [5.74, 6) is 0.529. The third-order valence-corrected chi connectivity index (χ3v) is 5.27. The number of amides is 1. The highest BCUT2D eigenvalue weighted by Crippen LogP contribution is 2.30. The van der Waals surface area contributed by atoms with Gasteiger partial charge in [0.2, 0.25) is 11.9 Å². The van der Waals surface area contributed by atoms with Crippen molar-refractivity contribution in [1.82, 2.24) is 25.1 Å². The molecule has 1 aliphatic carbocycles. The Labute approximate surface area is 171 Å². The number of benzene rings is 1. The van der Waals surface area contributed by atoms with E-state index in [0.29, 0.717) is 25.5 Å². The van der Waals surface area contributed by atoms with Gasteiger partial charge in [-0.3, -0.25) is 4.79 Å². The molecule has 0 aliphatic heterocycles. The lowest BCUT2D eigenvalue weighted by atomic mass is 9.83. The molecule has 1 fully saturated rings. The van der Waals surface area contributed by atoms with Gasteiger partial charge in [0.1, 0.15) is 0 Å². The van der Waals surface area contributed by atoms with Crippen LogP contribution in [0.5, 0.6) is 0 Å². The molecule has 1 amide bonds. The monoisotopic (exact) mass is 402 g/mol. The van der Waals surface area contributed by atoms with Gasteiger partial charge in [-0.1, -0.05) is 30.2 Å². The fourth-order valence-electron chi connectivity index (χ4n) is 3.73. The van der Waals surface area contributed by atoms with Crippen molar-refractivity contribution < 1.29 is 14.6 Å². The van der Waals surface area contributed by atoms with E-state index in [2.05, 4.69) is 27.8 Å².